The SMILES string of the molecule is O=C(O)N(CCF)CCOc1ncc(Br)cc1[N+](=O)[O-]. The van der Waals surface area contributed by atoms with Gasteiger partial charge in [-0.05, 0) is 15.9 Å². The van der Waals surface area contributed by atoms with Crippen LogP contribution in [0, 0.1) is 10.1 Å². The van der Waals surface area contributed by atoms with Gasteiger partial charge >= 0.3 is 11.8 Å². The van der Waals surface area contributed by atoms with Crippen molar-refractivity contribution in [2.45, 2.75) is 0 Å². The van der Waals surface area contributed by atoms with Gasteiger partial charge in [0, 0.05) is 16.7 Å². The lowest BCUT2D eigenvalue weighted by molar-refractivity contribution is -0.386. The Balaban J connectivity index is 2.66. The van der Waals surface area contributed by atoms with Gasteiger partial charge in [-0.1, -0.05) is 0 Å². The van der Waals surface area contributed by atoms with Crippen molar-refractivity contribution in [1.29, 1.82) is 0 Å². The highest BCUT2D eigenvalue weighted by Crippen LogP contribution is 2.27. The molecule has 1 aromatic heterocycles. The first-order chi connectivity index (χ1) is 9.45. The van der Waals surface area contributed by atoms with E-state index in [9.17, 15) is 19.3 Å². The van der Waals surface area contributed by atoms with Crippen LogP contribution in [0.4, 0.5) is 14.9 Å². The van der Waals surface area contributed by atoms with Gasteiger partial charge in [0.15, 0.2) is 0 Å². The number of nitrogens with zero attached hydrogens (tertiary/aromatic N) is 3. The monoisotopic (exact) mass is 351 g/mol. The molecule has 1 rings (SSSR count). The van der Waals surface area contributed by atoms with Crippen LogP contribution in [0.3, 0.4) is 0 Å². The third kappa shape index (κ3) is 4.61. The van der Waals surface area contributed by atoms with Crippen LogP contribution in [0.15, 0.2) is 16.7 Å². The number of hydrogen-bond acceptors (Lipinski definition) is 5. The molecule has 0 saturated carbocycles. The number of rotatable bonds is 7. The van der Waals surface area contributed by atoms with Gasteiger partial charge in [0.2, 0.25) is 0 Å². The lowest BCUT2D eigenvalue weighted by atomic mass is 10.4. The molecule has 110 valence electrons. The van der Waals surface area contributed by atoms with E-state index < -0.39 is 17.7 Å². The molecule has 1 heterocycles. The Bertz CT molecular complexity index is 502. The predicted octanol–water partition coefficient (Wildman–Crippen LogP) is 2.08. The zero-order valence-corrected chi connectivity index (χ0v) is 11.7. The summed E-state index contributed by atoms with van der Waals surface area (Å²) in [7, 11) is 0. The van der Waals surface area contributed by atoms with E-state index >= 15 is 0 Å². The summed E-state index contributed by atoms with van der Waals surface area (Å²) in [5, 5.41) is 19.5. The van der Waals surface area contributed by atoms with E-state index in [1.165, 1.54) is 12.3 Å². The molecule has 0 saturated heterocycles. The number of amides is 1. The maximum absolute atomic E-state index is 12.1. The number of alkyl halides is 1. The molecule has 8 nitrogen and oxygen atoms in total. The summed E-state index contributed by atoms with van der Waals surface area (Å²) in [6, 6.07) is 1.22. The molecule has 0 spiro atoms. The summed E-state index contributed by atoms with van der Waals surface area (Å²) in [5.74, 6) is -0.219. The second-order valence-electron chi connectivity index (χ2n) is 3.54. The minimum Gasteiger partial charge on any atom is -0.471 e. The van der Waals surface area contributed by atoms with E-state index in [0.717, 1.165) is 4.90 Å². The first-order valence-electron chi connectivity index (χ1n) is 5.42. The summed E-state index contributed by atoms with van der Waals surface area (Å²) >= 11 is 3.05. The van der Waals surface area contributed by atoms with Crippen molar-refractivity contribution >= 4 is 27.7 Å². The van der Waals surface area contributed by atoms with Crippen molar-refractivity contribution in [3.63, 3.8) is 0 Å². The van der Waals surface area contributed by atoms with Crippen molar-refractivity contribution in [2.75, 3.05) is 26.4 Å². The van der Waals surface area contributed by atoms with Crippen molar-refractivity contribution in [2.24, 2.45) is 0 Å². The standard InChI is InChI=1S/C10H11BrFN3O5/c11-7-5-8(15(18)19)9(13-6-7)20-4-3-14(2-1-12)10(16)17/h5-6H,1-4H2,(H,16,17). The summed E-state index contributed by atoms with van der Waals surface area (Å²) in [6.07, 6.45) is 0.0308. The zero-order chi connectivity index (χ0) is 15.1. The molecular formula is C10H11BrFN3O5. The number of halogens is 2. The van der Waals surface area contributed by atoms with Gasteiger partial charge in [0.1, 0.15) is 13.3 Å². The van der Waals surface area contributed by atoms with Crippen LogP contribution < -0.4 is 4.74 Å². The largest absolute Gasteiger partial charge is 0.471 e. The lowest BCUT2D eigenvalue weighted by Crippen LogP contribution is -2.35. The van der Waals surface area contributed by atoms with Gasteiger partial charge < -0.3 is 14.7 Å². The number of hydrogen-bond donors (Lipinski definition) is 1. The van der Waals surface area contributed by atoms with Gasteiger partial charge in [-0.2, -0.15) is 0 Å². The quantitative estimate of drug-likeness (QED) is 0.595. The normalized spacial score (nSPS) is 10.1. The fourth-order valence-corrected chi connectivity index (χ4v) is 1.63. The first kappa shape index (κ1) is 16.1. The third-order valence-corrected chi connectivity index (χ3v) is 2.65. The molecule has 0 atom stereocenters. The van der Waals surface area contributed by atoms with Gasteiger partial charge in [0.05, 0.1) is 18.0 Å². The molecule has 0 fully saturated rings. The Morgan fingerprint density at radius 1 is 1.60 bits per heavy atom. The second kappa shape index (κ2) is 7.58. The van der Waals surface area contributed by atoms with E-state index in [1.807, 2.05) is 0 Å². The molecule has 0 aromatic carbocycles. The van der Waals surface area contributed by atoms with E-state index in [0.29, 0.717) is 4.47 Å². The van der Waals surface area contributed by atoms with Gasteiger partial charge in [-0.25, -0.2) is 14.2 Å². The second-order valence-corrected chi connectivity index (χ2v) is 4.46. The number of aromatic nitrogens is 1. The lowest BCUT2D eigenvalue weighted by Gasteiger charge is -2.17. The molecule has 0 unspecified atom stereocenters. The average molecular weight is 352 g/mol. The summed E-state index contributed by atoms with van der Waals surface area (Å²) in [4.78, 5) is 25.4. The van der Waals surface area contributed by atoms with Gasteiger partial charge in [0.25, 0.3) is 5.88 Å². The highest BCUT2D eigenvalue weighted by molar-refractivity contribution is 9.10. The number of nitro groups is 1. The topological polar surface area (TPSA) is 106 Å². The van der Waals surface area contributed by atoms with Crippen LogP contribution in [-0.2, 0) is 0 Å². The molecule has 0 aliphatic carbocycles. The van der Waals surface area contributed by atoms with Crippen LogP contribution >= 0.6 is 15.9 Å². The fraction of sp³-hybridized carbons (Fsp3) is 0.400. The van der Waals surface area contributed by atoms with Crippen molar-refractivity contribution in [1.82, 2.24) is 9.88 Å². The molecule has 0 aliphatic rings. The van der Waals surface area contributed by atoms with E-state index in [4.69, 9.17) is 9.84 Å². The molecule has 20 heavy (non-hydrogen) atoms. The Morgan fingerprint density at radius 3 is 2.85 bits per heavy atom. The summed E-state index contributed by atoms with van der Waals surface area (Å²) in [6.45, 7) is -1.38. The molecule has 0 radical (unpaired) electrons. The molecule has 1 amide bonds. The van der Waals surface area contributed by atoms with Crippen molar-refractivity contribution in [3.8, 4) is 5.88 Å². The minimum atomic E-state index is -1.29. The molecule has 0 bridgehead atoms. The minimum absolute atomic E-state index is 0.117. The number of ether oxygens (including phenoxy) is 1. The van der Waals surface area contributed by atoms with Crippen LogP contribution in [0.1, 0.15) is 0 Å². The van der Waals surface area contributed by atoms with Gasteiger partial charge in [-0.15, -0.1) is 0 Å². The molecule has 10 heteroatoms. The molecule has 1 N–H and O–H groups in total. The van der Waals surface area contributed by atoms with Crippen LogP contribution in [-0.4, -0.2) is 52.4 Å². The fourth-order valence-electron chi connectivity index (χ4n) is 1.32. The number of carbonyl (C=O) groups is 1. The van der Waals surface area contributed by atoms with E-state index in [-0.39, 0.29) is 31.3 Å². The highest BCUT2D eigenvalue weighted by atomic mass is 79.9. The average Bonchev–Trinajstić information content (AvgIpc) is 2.38. The van der Waals surface area contributed by atoms with Crippen LogP contribution in [0.25, 0.3) is 0 Å². The Labute approximate surface area is 121 Å². The van der Waals surface area contributed by atoms with Crippen molar-refractivity contribution < 1.29 is 24.0 Å². The third-order valence-electron chi connectivity index (χ3n) is 2.22. The first-order valence-corrected chi connectivity index (χ1v) is 6.21. The number of carboxylic acid groups (broad SMARTS) is 1. The summed E-state index contributed by atoms with van der Waals surface area (Å²) < 4.78 is 17.6. The van der Waals surface area contributed by atoms with E-state index in [2.05, 4.69) is 20.9 Å². The Kier molecular flexibility index (Phi) is 6.10. The highest BCUT2D eigenvalue weighted by Gasteiger charge is 2.18. The van der Waals surface area contributed by atoms with E-state index in [1.54, 1.807) is 0 Å². The molecular weight excluding hydrogens is 341 g/mol. The number of pyridine rings is 1. The Hall–Kier alpha value is -1.97. The predicted molar refractivity (Wildman–Crippen MR) is 69.7 cm³/mol. The summed E-state index contributed by atoms with van der Waals surface area (Å²) in [5.41, 5.74) is -0.341. The zero-order valence-electron chi connectivity index (χ0n) is 10.2. The van der Waals surface area contributed by atoms with Crippen LogP contribution in [0.2, 0.25) is 0 Å². The van der Waals surface area contributed by atoms with Gasteiger partial charge in [-0.3, -0.25) is 10.1 Å². The molecule has 1 aromatic rings. The molecule has 0 aliphatic heterocycles. The Morgan fingerprint density at radius 2 is 2.30 bits per heavy atom. The van der Waals surface area contributed by atoms with Crippen LogP contribution in [0.5, 0.6) is 5.88 Å². The maximum atomic E-state index is 12.1. The van der Waals surface area contributed by atoms with Crippen molar-refractivity contribution in [3.05, 3.63) is 26.9 Å². The smallest absolute Gasteiger partial charge is 0.407 e. The maximum Gasteiger partial charge on any atom is 0.407 e.